The van der Waals surface area contributed by atoms with Crippen LogP contribution in [-0.4, -0.2) is 36.3 Å². The molecule has 1 N–H and O–H groups in total. The number of rotatable bonds is 6. The molecule has 1 aliphatic heterocycles. The third-order valence-corrected chi connectivity index (χ3v) is 5.98. The quantitative estimate of drug-likeness (QED) is 0.677. The number of nitrogens with zero attached hydrogens (tertiary/aromatic N) is 1. The molecule has 0 radical (unpaired) electrons. The first-order valence-corrected chi connectivity index (χ1v) is 10.9. The Hall–Kier alpha value is -2.83. The zero-order valence-electron chi connectivity index (χ0n) is 18.6. The summed E-state index contributed by atoms with van der Waals surface area (Å²) in [4.78, 5) is 27.7. The molecule has 1 heterocycles. The van der Waals surface area contributed by atoms with Crippen LogP contribution in [0.1, 0.15) is 53.2 Å². The van der Waals surface area contributed by atoms with Crippen molar-refractivity contribution in [2.45, 2.75) is 39.3 Å². The first-order valence-electron chi connectivity index (χ1n) is 10.9. The highest BCUT2D eigenvalue weighted by molar-refractivity contribution is 5.96. The second-order valence-electron chi connectivity index (χ2n) is 8.83. The zero-order chi connectivity index (χ0) is 23.5. The summed E-state index contributed by atoms with van der Waals surface area (Å²) in [6, 6.07) is 12.3. The standard InChI is InChI=1S/C25H29F3N2O2/c1-16(2)11-12-29-23(31)22-15-30(24(32)20-10-5-4-7-17(20)3)14-21(22)18-8-6-9-19(13-18)25(26,27)28/h4-10,13,16,21-22H,11-12,14-15H2,1-3H3,(H,29,31)/t21-,22-/m1/s1. The Balaban J connectivity index is 1.88. The van der Waals surface area contributed by atoms with Gasteiger partial charge >= 0.3 is 6.18 Å². The van der Waals surface area contributed by atoms with Crippen LogP contribution in [0.5, 0.6) is 0 Å². The highest BCUT2D eigenvalue weighted by Crippen LogP contribution is 2.37. The van der Waals surface area contributed by atoms with Gasteiger partial charge in [0.1, 0.15) is 0 Å². The van der Waals surface area contributed by atoms with E-state index in [-0.39, 0.29) is 24.9 Å². The molecule has 1 saturated heterocycles. The maximum atomic E-state index is 13.3. The largest absolute Gasteiger partial charge is 0.416 e. The fourth-order valence-corrected chi connectivity index (χ4v) is 4.12. The number of amides is 2. The Kier molecular flexibility index (Phi) is 7.26. The molecule has 2 aromatic carbocycles. The molecule has 0 aromatic heterocycles. The summed E-state index contributed by atoms with van der Waals surface area (Å²) in [5.41, 5.74) is 1.02. The van der Waals surface area contributed by atoms with Crippen molar-refractivity contribution in [3.05, 3.63) is 70.8 Å². The molecule has 3 rings (SSSR count). The molecule has 2 atom stereocenters. The predicted octanol–water partition coefficient (Wildman–Crippen LogP) is 5.03. The summed E-state index contributed by atoms with van der Waals surface area (Å²) in [5, 5.41) is 2.91. The van der Waals surface area contributed by atoms with Gasteiger partial charge in [0.05, 0.1) is 11.5 Å². The molecule has 1 fully saturated rings. The normalized spacial score (nSPS) is 18.8. The second-order valence-corrected chi connectivity index (χ2v) is 8.83. The molecule has 2 aromatic rings. The Labute approximate surface area is 186 Å². The van der Waals surface area contributed by atoms with E-state index in [4.69, 9.17) is 0 Å². The van der Waals surface area contributed by atoms with Crippen LogP contribution in [0.2, 0.25) is 0 Å². The first-order chi connectivity index (χ1) is 15.1. The zero-order valence-corrected chi connectivity index (χ0v) is 18.6. The number of benzene rings is 2. The van der Waals surface area contributed by atoms with E-state index in [1.165, 1.54) is 6.07 Å². The topological polar surface area (TPSA) is 49.4 Å². The molecule has 0 unspecified atom stereocenters. The average molecular weight is 447 g/mol. The molecular formula is C25H29F3N2O2. The molecule has 0 saturated carbocycles. The van der Waals surface area contributed by atoms with Gasteiger partial charge in [-0.3, -0.25) is 9.59 Å². The Bertz CT molecular complexity index is 972. The van der Waals surface area contributed by atoms with Gasteiger partial charge in [-0.25, -0.2) is 0 Å². The fourth-order valence-electron chi connectivity index (χ4n) is 4.12. The van der Waals surface area contributed by atoms with Gasteiger partial charge < -0.3 is 10.2 Å². The van der Waals surface area contributed by atoms with Crippen LogP contribution in [0.25, 0.3) is 0 Å². The van der Waals surface area contributed by atoms with Gasteiger partial charge in [0.2, 0.25) is 5.91 Å². The summed E-state index contributed by atoms with van der Waals surface area (Å²) >= 11 is 0. The van der Waals surface area contributed by atoms with Gasteiger partial charge in [-0.2, -0.15) is 13.2 Å². The van der Waals surface area contributed by atoms with Crippen LogP contribution in [0.4, 0.5) is 13.2 Å². The van der Waals surface area contributed by atoms with Crippen molar-refractivity contribution >= 4 is 11.8 Å². The number of hydrogen-bond donors (Lipinski definition) is 1. The van der Waals surface area contributed by atoms with Gasteiger partial charge in [0.25, 0.3) is 5.91 Å². The first kappa shape index (κ1) is 23.8. The lowest BCUT2D eigenvalue weighted by Crippen LogP contribution is -2.36. The Morgan fingerprint density at radius 1 is 1.09 bits per heavy atom. The number of halogens is 3. The van der Waals surface area contributed by atoms with Crippen LogP contribution in [0, 0.1) is 18.8 Å². The summed E-state index contributed by atoms with van der Waals surface area (Å²) in [7, 11) is 0. The van der Waals surface area contributed by atoms with Crippen LogP contribution in [0.3, 0.4) is 0 Å². The number of alkyl halides is 3. The molecule has 0 spiro atoms. The smallest absolute Gasteiger partial charge is 0.356 e. The van der Waals surface area contributed by atoms with Gasteiger partial charge in [-0.05, 0) is 42.5 Å². The summed E-state index contributed by atoms with van der Waals surface area (Å²) in [5.74, 6) is -1.15. The molecule has 7 heteroatoms. The van der Waals surface area contributed by atoms with E-state index in [1.807, 2.05) is 19.1 Å². The maximum Gasteiger partial charge on any atom is 0.416 e. The van der Waals surface area contributed by atoms with Crippen LogP contribution >= 0.6 is 0 Å². The molecule has 2 amide bonds. The monoisotopic (exact) mass is 446 g/mol. The second kappa shape index (κ2) is 9.76. The van der Waals surface area contributed by atoms with E-state index < -0.39 is 23.6 Å². The maximum absolute atomic E-state index is 13.3. The van der Waals surface area contributed by atoms with Crippen molar-refractivity contribution in [2.75, 3.05) is 19.6 Å². The van der Waals surface area contributed by atoms with Crippen molar-refractivity contribution in [2.24, 2.45) is 11.8 Å². The number of nitrogens with one attached hydrogen (secondary N) is 1. The van der Waals surface area contributed by atoms with Gasteiger partial charge in [0, 0.05) is 31.1 Å². The molecule has 1 aliphatic rings. The molecular weight excluding hydrogens is 417 g/mol. The van der Waals surface area contributed by atoms with E-state index >= 15 is 0 Å². The van der Waals surface area contributed by atoms with Gasteiger partial charge in [-0.1, -0.05) is 50.2 Å². The SMILES string of the molecule is Cc1ccccc1C(=O)N1C[C@H](c2cccc(C(F)(F)F)c2)[C@H](C(=O)NCCC(C)C)C1. The molecule has 32 heavy (non-hydrogen) atoms. The molecule has 4 nitrogen and oxygen atoms in total. The minimum absolute atomic E-state index is 0.168. The average Bonchev–Trinajstić information content (AvgIpc) is 3.18. The van der Waals surface area contributed by atoms with Gasteiger partial charge in [0.15, 0.2) is 0 Å². The number of carbonyl (C=O) groups excluding carboxylic acids is 2. The van der Waals surface area contributed by atoms with Crippen molar-refractivity contribution in [1.29, 1.82) is 0 Å². The lowest BCUT2D eigenvalue weighted by Gasteiger charge is -2.19. The molecule has 172 valence electrons. The number of aryl methyl sites for hydroxylation is 1. The number of hydrogen-bond acceptors (Lipinski definition) is 2. The molecule has 0 bridgehead atoms. The third-order valence-electron chi connectivity index (χ3n) is 5.98. The number of likely N-dealkylation sites (tertiary alicyclic amines) is 1. The summed E-state index contributed by atoms with van der Waals surface area (Å²) in [6.07, 6.45) is -3.67. The van der Waals surface area contributed by atoms with E-state index in [0.29, 0.717) is 23.6 Å². The van der Waals surface area contributed by atoms with E-state index in [2.05, 4.69) is 19.2 Å². The minimum Gasteiger partial charge on any atom is -0.356 e. The summed E-state index contributed by atoms with van der Waals surface area (Å²) in [6.45, 7) is 6.79. The van der Waals surface area contributed by atoms with Crippen molar-refractivity contribution < 1.29 is 22.8 Å². The third kappa shape index (κ3) is 5.50. The lowest BCUT2D eigenvalue weighted by atomic mass is 9.87. The van der Waals surface area contributed by atoms with Crippen LogP contribution in [-0.2, 0) is 11.0 Å². The van der Waals surface area contributed by atoms with E-state index in [9.17, 15) is 22.8 Å². The van der Waals surface area contributed by atoms with Crippen LogP contribution < -0.4 is 5.32 Å². The van der Waals surface area contributed by atoms with Gasteiger partial charge in [-0.15, -0.1) is 0 Å². The summed E-state index contributed by atoms with van der Waals surface area (Å²) < 4.78 is 39.8. The van der Waals surface area contributed by atoms with Crippen molar-refractivity contribution in [1.82, 2.24) is 10.2 Å². The van der Waals surface area contributed by atoms with Crippen LogP contribution in [0.15, 0.2) is 48.5 Å². The Morgan fingerprint density at radius 2 is 1.81 bits per heavy atom. The minimum atomic E-state index is -4.47. The Morgan fingerprint density at radius 3 is 2.47 bits per heavy atom. The predicted molar refractivity (Wildman–Crippen MR) is 117 cm³/mol. The van der Waals surface area contributed by atoms with Crippen molar-refractivity contribution in [3.8, 4) is 0 Å². The number of carbonyl (C=O) groups is 2. The van der Waals surface area contributed by atoms with E-state index in [0.717, 1.165) is 24.1 Å². The molecule has 0 aliphatic carbocycles. The lowest BCUT2D eigenvalue weighted by molar-refractivity contribution is -0.137. The van der Waals surface area contributed by atoms with E-state index in [1.54, 1.807) is 23.1 Å². The fraction of sp³-hybridized carbons (Fsp3) is 0.440. The van der Waals surface area contributed by atoms with Crippen molar-refractivity contribution in [3.63, 3.8) is 0 Å². The highest BCUT2D eigenvalue weighted by atomic mass is 19.4. The highest BCUT2D eigenvalue weighted by Gasteiger charge is 2.41.